The molecule has 0 atom stereocenters. The molecule has 1 heterocycles. The summed E-state index contributed by atoms with van der Waals surface area (Å²) >= 11 is 6.26. The van der Waals surface area contributed by atoms with Crippen molar-refractivity contribution in [1.29, 1.82) is 0 Å². The molecule has 2 heteroatoms. The zero-order valence-electron chi connectivity index (χ0n) is 7.84. The van der Waals surface area contributed by atoms with Gasteiger partial charge < -0.3 is 0 Å². The van der Waals surface area contributed by atoms with Crippen molar-refractivity contribution < 1.29 is 0 Å². The lowest BCUT2D eigenvalue weighted by Crippen LogP contribution is -1.93. The molecular weight excluding hydrogens is 182 g/mol. The Bertz CT molecular complexity index is 366. The summed E-state index contributed by atoms with van der Waals surface area (Å²) in [5.74, 6) is 0.528. The van der Waals surface area contributed by atoms with Gasteiger partial charge in [-0.25, -0.2) is 0 Å². The van der Waals surface area contributed by atoms with Crippen molar-refractivity contribution in [2.24, 2.45) is 5.92 Å². The van der Waals surface area contributed by atoms with Crippen LogP contribution < -0.4 is 0 Å². The molecular formula is C11H12ClN. The van der Waals surface area contributed by atoms with Crippen LogP contribution in [0, 0.1) is 5.92 Å². The molecule has 1 aliphatic rings. The minimum atomic E-state index is 0.528. The standard InChI is InChI=1S/C11H12ClN/c1-7(2)10-5-8-6-13-4-3-9(8)11(10)12/h3-4,6-7H,5H2,1-2H3. The van der Waals surface area contributed by atoms with E-state index in [1.165, 1.54) is 16.7 Å². The van der Waals surface area contributed by atoms with Gasteiger partial charge in [0.1, 0.15) is 0 Å². The predicted molar refractivity (Wildman–Crippen MR) is 55.6 cm³/mol. The quantitative estimate of drug-likeness (QED) is 0.667. The lowest BCUT2D eigenvalue weighted by atomic mass is 10.0. The molecule has 1 aromatic heterocycles. The van der Waals surface area contributed by atoms with E-state index in [0.717, 1.165) is 11.5 Å². The lowest BCUT2D eigenvalue weighted by Gasteiger charge is -2.05. The van der Waals surface area contributed by atoms with Gasteiger partial charge in [-0.2, -0.15) is 0 Å². The number of hydrogen-bond donors (Lipinski definition) is 0. The van der Waals surface area contributed by atoms with Gasteiger partial charge in [0, 0.05) is 17.4 Å². The number of nitrogens with zero attached hydrogens (tertiary/aromatic N) is 1. The van der Waals surface area contributed by atoms with Gasteiger partial charge in [-0.3, -0.25) is 4.98 Å². The van der Waals surface area contributed by atoms with Crippen molar-refractivity contribution in [2.45, 2.75) is 20.3 Å². The molecule has 0 bridgehead atoms. The third kappa shape index (κ3) is 1.37. The first-order valence-corrected chi connectivity index (χ1v) is 4.89. The van der Waals surface area contributed by atoms with Gasteiger partial charge in [0.05, 0.1) is 0 Å². The number of allylic oxidation sites excluding steroid dienone is 1. The van der Waals surface area contributed by atoms with Gasteiger partial charge in [-0.1, -0.05) is 25.4 Å². The fraction of sp³-hybridized carbons (Fsp3) is 0.364. The smallest absolute Gasteiger partial charge is 0.0480 e. The van der Waals surface area contributed by atoms with E-state index >= 15 is 0 Å². The van der Waals surface area contributed by atoms with Crippen molar-refractivity contribution in [3.8, 4) is 0 Å². The van der Waals surface area contributed by atoms with Crippen LogP contribution in [0.4, 0.5) is 0 Å². The van der Waals surface area contributed by atoms with Crippen LogP contribution in [0.25, 0.3) is 5.03 Å². The second-order valence-corrected chi connectivity index (χ2v) is 4.08. The fourth-order valence-electron chi connectivity index (χ4n) is 1.70. The van der Waals surface area contributed by atoms with E-state index in [2.05, 4.69) is 18.8 Å². The average Bonchev–Trinajstić information content (AvgIpc) is 2.45. The maximum atomic E-state index is 6.26. The maximum Gasteiger partial charge on any atom is 0.0480 e. The molecule has 0 unspecified atom stereocenters. The molecule has 2 rings (SSSR count). The van der Waals surface area contributed by atoms with Crippen LogP contribution in [0.3, 0.4) is 0 Å². The lowest BCUT2D eigenvalue weighted by molar-refractivity contribution is 0.753. The van der Waals surface area contributed by atoms with Gasteiger partial charge in [-0.05, 0) is 35.1 Å². The molecule has 0 aromatic carbocycles. The van der Waals surface area contributed by atoms with E-state index < -0.39 is 0 Å². The molecule has 0 amide bonds. The fourth-order valence-corrected chi connectivity index (χ4v) is 2.16. The second kappa shape index (κ2) is 3.15. The van der Waals surface area contributed by atoms with E-state index in [0.29, 0.717) is 5.92 Å². The van der Waals surface area contributed by atoms with Gasteiger partial charge in [-0.15, -0.1) is 0 Å². The summed E-state index contributed by atoms with van der Waals surface area (Å²) in [6.07, 6.45) is 4.68. The summed E-state index contributed by atoms with van der Waals surface area (Å²) < 4.78 is 0. The van der Waals surface area contributed by atoms with Crippen molar-refractivity contribution in [2.75, 3.05) is 0 Å². The third-order valence-corrected chi connectivity index (χ3v) is 2.95. The third-order valence-electron chi connectivity index (χ3n) is 2.50. The van der Waals surface area contributed by atoms with Crippen molar-refractivity contribution in [1.82, 2.24) is 4.98 Å². The minimum Gasteiger partial charge on any atom is -0.264 e. The highest BCUT2D eigenvalue weighted by Crippen LogP contribution is 2.37. The summed E-state index contributed by atoms with van der Waals surface area (Å²) in [6.45, 7) is 4.36. The molecule has 0 N–H and O–H groups in total. The molecule has 0 spiro atoms. The monoisotopic (exact) mass is 193 g/mol. The molecule has 68 valence electrons. The Balaban J connectivity index is 2.47. The summed E-state index contributed by atoms with van der Waals surface area (Å²) in [7, 11) is 0. The average molecular weight is 194 g/mol. The first kappa shape index (κ1) is 8.76. The van der Waals surface area contributed by atoms with Gasteiger partial charge in [0.15, 0.2) is 0 Å². The Morgan fingerprint density at radius 1 is 1.46 bits per heavy atom. The number of pyridine rings is 1. The van der Waals surface area contributed by atoms with Crippen molar-refractivity contribution in [3.63, 3.8) is 0 Å². The Hall–Kier alpha value is -0.820. The number of rotatable bonds is 1. The van der Waals surface area contributed by atoms with Crippen molar-refractivity contribution in [3.05, 3.63) is 35.2 Å². The molecule has 0 saturated carbocycles. The molecule has 1 nitrogen and oxygen atoms in total. The van der Waals surface area contributed by atoms with Crippen LogP contribution in [0.2, 0.25) is 0 Å². The Kier molecular flexibility index (Phi) is 2.12. The highest BCUT2D eigenvalue weighted by atomic mass is 35.5. The van der Waals surface area contributed by atoms with E-state index in [1.54, 1.807) is 6.20 Å². The van der Waals surface area contributed by atoms with E-state index in [4.69, 9.17) is 11.6 Å². The normalized spacial score (nSPS) is 15.4. The zero-order valence-corrected chi connectivity index (χ0v) is 8.60. The topological polar surface area (TPSA) is 12.9 Å². The Labute approximate surface area is 83.4 Å². The van der Waals surface area contributed by atoms with E-state index in [1.807, 2.05) is 12.3 Å². The largest absolute Gasteiger partial charge is 0.264 e. The minimum absolute atomic E-state index is 0.528. The maximum absolute atomic E-state index is 6.26. The first-order valence-electron chi connectivity index (χ1n) is 4.52. The first-order chi connectivity index (χ1) is 6.20. The highest BCUT2D eigenvalue weighted by Gasteiger charge is 2.21. The van der Waals surface area contributed by atoms with Gasteiger partial charge in [0.25, 0.3) is 0 Å². The SMILES string of the molecule is CC(C)C1=C(Cl)c2ccncc2C1. The van der Waals surface area contributed by atoms with Crippen LogP contribution in [0.5, 0.6) is 0 Å². The van der Waals surface area contributed by atoms with Gasteiger partial charge >= 0.3 is 0 Å². The van der Waals surface area contributed by atoms with E-state index in [-0.39, 0.29) is 0 Å². The summed E-state index contributed by atoms with van der Waals surface area (Å²) in [5, 5.41) is 0.937. The Morgan fingerprint density at radius 2 is 2.23 bits per heavy atom. The predicted octanol–water partition coefficient (Wildman–Crippen LogP) is 3.24. The highest BCUT2D eigenvalue weighted by molar-refractivity contribution is 6.50. The van der Waals surface area contributed by atoms with Crippen LogP contribution in [-0.2, 0) is 6.42 Å². The molecule has 1 aromatic rings. The molecule has 0 aliphatic heterocycles. The van der Waals surface area contributed by atoms with Crippen LogP contribution in [0.1, 0.15) is 25.0 Å². The van der Waals surface area contributed by atoms with Gasteiger partial charge in [0.2, 0.25) is 0 Å². The molecule has 1 aliphatic carbocycles. The molecule has 0 fully saturated rings. The van der Waals surface area contributed by atoms with E-state index in [9.17, 15) is 0 Å². The second-order valence-electron chi connectivity index (χ2n) is 3.70. The zero-order chi connectivity index (χ0) is 9.42. The Morgan fingerprint density at radius 3 is 2.85 bits per heavy atom. The number of hydrogen-bond acceptors (Lipinski definition) is 1. The molecule has 0 saturated heterocycles. The summed E-state index contributed by atoms with van der Waals surface area (Å²) in [4.78, 5) is 4.10. The summed E-state index contributed by atoms with van der Waals surface area (Å²) in [6, 6.07) is 1.99. The summed E-state index contributed by atoms with van der Waals surface area (Å²) in [5.41, 5.74) is 3.77. The van der Waals surface area contributed by atoms with Crippen LogP contribution in [0.15, 0.2) is 24.0 Å². The van der Waals surface area contributed by atoms with Crippen molar-refractivity contribution >= 4 is 16.6 Å². The van der Waals surface area contributed by atoms with Crippen LogP contribution in [-0.4, -0.2) is 4.98 Å². The molecule has 0 radical (unpaired) electrons. The molecule has 13 heavy (non-hydrogen) atoms. The van der Waals surface area contributed by atoms with Crippen LogP contribution >= 0.6 is 11.6 Å². The number of halogens is 1. The number of aromatic nitrogens is 1. The number of fused-ring (bicyclic) bond motifs is 1.